The van der Waals surface area contributed by atoms with Crippen LogP contribution in [0.2, 0.25) is 0 Å². The molecule has 0 saturated carbocycles. The molecule has 0 aliphatic heterocycles. The second-order valence-corrected chi connectivity index (χ2v) is 7.17. The third-order valence-electron chi connectivity index (χ3n) is 3.47. The van der Waals surface area contributed by atoms with Crippen molar-refractivity contribution in [3.63, 3.8) is 0 Å². The Morgan fingerprint density at radius 3 is 2.85 bits per heavy atom. The Labute approximate surface area is 164 Å². The molecule has 2 heterocycles. The third kappa shape index (κ3) is 4.94. The summed E-state index contributed by atoms with van der Waals surface area (Å²) in [5.41, 5.74) is 0.626. The highest BCUT2D eigenvalue weighted by atomic mass is 32.1. The van der Waals surface area contributed by atoms with Crippen molar-refractivity contribution in [3.05, 3.63) is 63.3 Å². The molecule has 1 N–H and O–H groups in total. The molecular formula is C19H15N3O3S2. The van der Waals surface area contributed by atoms with Gasteiger partial charge in [0.15, 0.2) is 16.6 Å². The average molecular weight is 397 g/mol. The fraction of sp³-hybridized carbons (Fsp3) is 0.105. The van der Waals surface area contributed by atoms with Gasteiger partial charge < -0.3 is 9.47 Å². The second-order valence-electron chi connectivity index (χ2n) is 5.24. The molecule has 0 spiro atoms. The number of amides is 1. The number of hydrogen-bond donors (Lipinski definition) is 1. The van der Waals surface area contributed by atoms with E-state index in [9.17, 15) is 10.1 Å². The Morgan fingerprint density at radius 2 is 2.19 bits per heavy atom. The van der Waals surface area contributed by atoms with Crippen LogP contribution in [-0.4, -0.2) is 18.0 Å². The maximum absolute atomic E-state index is 12.2. The number of methoxy groups -OCH3 is 1. The number of rotatable bonds is 7. The Kier molecular flexibility index (Phi) is 6.20. The summed E-state index contributed by atoms with van der Waals surface area (Å²) in [6.07, 6.45) is 3.07. The van der Waals surface area contributed by atoms with E-state index < -0.39 is 5.91 Å². The lowest BCUT2D eigenvalue weighted by atomic mass is 10.1. The lowest BCUT2D eigenvalue weighted by Crippen LogP contribution is -2.13. The predicted octanol–water partition coefficient (Wildman–Crippen LogP) is 4.34. The monoisotopic (exact) mass is 397 g/mol. The smallest absolute Gasteiger partial charge is 0.268 e. The fourth-order valence-corrected chi connectivity index (χ4v) is 3.34. The van der Waals surface area contributed by atoms with Crippen LogP contribution in [0.25, 0.3) is 6.08 Å². The number of benzene rings is 1. The van der Waals surface area contributed by atoms with Crippen molar-refractivity contribution in [1.82, 2.24) is 4.98 Å². The summed E-state index contributed by atoms with van der Waals surface area (Å²) < 4.78 is 11.2. The molecule has 2 aromatic heterocycles. The molecule has 0 saturated heterocycles. The van der Waals surface area contributed by atoms with Crippen LogP contribution < -0.4 is 14.8 Å². The van der Waals surface area contributed by atoms with Crippen molar-refractivity contribution in [3.8, 4) is 17.6 Å². The van der Waals surface area contributed by atoms with Gasteiger partial charge in [-0.15, -0.1) is 22.7 Å². The van der Waals surface area contributed by atoms with Gasteiger partial charge in [-0.05, 0) is 35.2 Å². The lowest BCUT2D eigenvalue weighted by Gasteiger charge is -2.11. The maximum atomic E-state index is 12.2. The van der Waals surface area contributed by atoms with E-state index in [2.05, 4.69) is 10.3 Å². The van der Waals surface area contributed by atoms with Gasteiger partial charge in [0, 0.05) is 16.5 Å². The van der Waals surface area contributed by atoms with Gasteiger partial charge in [-0.25, -0.2) is 4.98 Å². The number of nitrogens with one attached hydrogen (secondary N) is 1. The number of ether oxygens (including phenoxy) is 2. The minimum atomic E-state index is -0.510. The molecule has 6 nitrogen and oxygen atoms in total. The van der Waals surface area contributed by atoms with E-state index in [1.807, 2.05) is 23.6 Å². The molecule has 0 aliphatic rings. The molecule has 27 heavy (non-hydrogen) atoms. The Morgan fingerprint density at radius 1 is 1.30 bits per heavy atom. The van der Waals surface area contributed by atoms with E-state index in [-0.39, 0.29) is 5.57 Å². The van der Waals surface area contributed by atoms with E-state index in [1.165, 1.54) is 17.4 Å². The van der Waals surface area contributed by atoms with Crippen molar-refractivity contribution < 1.29 is 14.3 Å². The first-order valence-corrected chi connectivity index (χ1v) is 9.61. The standard InChI is InChI=1S/C19H15N3O3S2/c1-24-17-10-13(4-5-16(17)25-12-15-3-2-7-26-15)9-14(11-20)18(23)22-19-21-6-8-27-19/h2-10H,12H2,1H3,(H,21,22,23)/b14-9+. The molecule has 3 aromatic rings. The lowest BCUT2D eigenvalue weighted by molar-refractivity contribution is -0.112. The zero-order valence-electron chi connectivity index (χ0n) is 14.3. The molecule has 0 aliphatic carbocycles. The van der Waals surface area contributed by atoms with E-state index in [0.717, 1.165) is 4.88 Å². The summed E-state index contributed by atoms with van der Waals surface area (Å²) >= 11 is 2.90. The highest BCUT2D eigenvalue weighted by Crippen LogP contribution is 2.30. The van der Waals surface area contributed by atoms with Crippen molar-refractivity contribution in [1.29, 1.82) is 5.26 Å². The molecule has 1 aromatic carbocycles. The largest absolute Gasteiger partial charge is 0.493 e. The number of aromatic nitrogens is 1. The Bertz CT molecular complexity index is 974. The summed E-state index contributed by atoms with van der Waals surface area (Å²) in [6, 6.07) is 11.1. The Balaban J connectivity index is 1.75. The van der Waals surface area contributed by atoms with Gasteiger partial charge in [-0.2, -0.15) is 5.26 Å². The van der Waals surface area contributed by atoms with Gasteiger partial charge in [0.1, 0.15) is 18.2 Å². The topological polar surface area (TPSA) is 84.2 Å². The summed E-state index contributed by atoms with van der Waals surface area (Å²) in [7, 11) is 1.54. The second kappa shape index (κ2) is 8.98. The average Bonchev–Trinajstić information content (AvgIpc) is 3.38. The third-order valence-corrected chi connectivity index (χ3v) is 5.01. The van der Waals surface area contributed by atoms with E-state index >= 15 is 0 Å². The summed E-state index contributed by atoms with van der Waals surface area (Å²) in [4.78, 5) is 17.3. The highest BCUT2D eigenvalue weighted by Gasteiger charge is 2.12. The van der Waals surface area contributed by atoms with Crippen molar-refractivity contribution in [2.24, 2.45) is 0 Å². The predicted molar refractivity (Wildman–Crippen MR) is 106 cm³/mol. The molecule has 0 fully saturated rings. The van der Waals surface area contributed by atoms with Crippen molar-refractivity contribution in [2.45, 2.75) is 6.61 Å². The van der Waals surface area contributed by atoms with Gasteiger partial charge in [-0.3, -0.25) is 10.1 Å². The van der Waals surface area contributed by atoms with Crippen LogP contribution >= 0.6 is 22.7 Å². The van der Waals surface area contributed by atoms with Crippen LogP contribution in [0.4, 0.5) is 5.13 Å². The van der Waals surface area contributed by atoms with E-state index in [4.69, 9.17) is 9.47 Å². The minimum absolute atomic E-state index is 0.0282. The van der Waals surface area contributed by atoms with Gasteiger partial charge >= 0.3 is 0 Å². The first-order chi connectivity index (χ1) is 13.2. The number of thiophene rings is 1. The van der Waals surface area contributed by atoms with Crippen LogP contribution in [0.15, 0.2) is 52.9 Å². The van der Waals surface area contributed by atoms with Crippen LogP contribution in [0, 0.1) is 11.3 Å². The molecular weight excluding hydrogens is 382 g/mol. The number of carbonyl (C=O) groups is 1. The van der Waals surface area contributed by atoms with Gasteiger partial charge in [0.25, 0.3) is 5.91 Å². The van der Waals surface area contributed by atoms with Crippen molar-refractivity contribution >= 4 is 39.8 Å². The first-order valence-electron chi connectivity index (χ1n) is 7.85. The Hall–Kier alpha value is -3.15. The molecule has 8 heteroatoms. The highest BCUT2D eigenvalue weighted by molar-refractivity contribution is 7.13. The molecule has 0 bridgehead atoms. The molecule has 1 amide bonds. The number of nitrogens with zero attached hydrogens (tertiary/aromatic N) is 2. The molecule has 0 atom stereocenters. The number of nitriles is 1. The summed E-state index contributed by atoms with van der Waals surface area (Å²) in [6.45, 7) is 0.447. The summed E-state index contributed by atoms with van der Waals surface area (Å²) in [5, 5.41) is 16.1. The zero-order valence-corrected chi connectivity index (χ0v) is 16.0. The molecule has 3 rings (SSSR count). The molecule has 0 unspecified atom stereocenters. The van der Waals surface area contributed by atoms with Gasteiger partial charge in [-0.1, -0.05) is 12.1 Å². The molecule has 136 valence electrons. The van der Waals surface area contributed by atoms with Gasteiger partial charge in [0.2, 0.25) is 0 Å². The van der Waals surface area contributed by atoms with Crippen LogP contribution in [0.5, 0.6) is 11.5 Å². The van der Waals surface area contributed by atoms with Gasteiger partial charge in [0.05, 0.1) is 7.11 Å². The van der Waals surface area contributed by atoms with Crippen molar-refractivity contribution in [2.75, 3.05) is 12.4 Å². The van der Waals surface area contributed by atoms with Crippen LogP contribution in [-0.2, 0) is 11.4 Å². The number of carbonyl (C=O) groups excluding carboxylic acids is 1. The fourth-order valence-electron chi connectivity index (χ4n) is 2.20. The van der Waals surface area contributed by atoms with Crippen LogP contribution in [0.3, 0.4) is 0 Å². The number of thiazole rings is 1. The minimum Gasteiger partial charge on any atom is -0.493 e. The quantitative estimate of drug-likeness (QED) is 0.474. The van der Waals surface area contributed by atoms with E-state index in [1.54, 1.807) is 48.2 Å². The normalized spacial score (nSPS) is 10.9. The number of hydrogen-bond acceptors (Lipinski definition) is 7. The summed E-state index contributed by atoms with van der Waals surface area (Å²) in [5.74, 6) is 0.608. The first kappa shape index (κ1) is 18.6. The van der Waals surface area contributed by atoms with E-state index in [0.29, 0.717) is 28.8 Å². The maximum Gasteiger partial charge on any atom is 0.268 e. The molecule has 0 radical (unpaired) electrons. The SMILES string of the molecule is COc1cc(/C=C(\C#N)C(=O)Nc2nccs2)ccc1OCc1cccs1. The number of anilines is 1. The zero-order chi connectivity index (χ0) is 19.1. The van der Waals surface area contributed by atoms with Crippen LogP contribution in [0.1, 0.15) is 10.4 Å².